The molecular weight excluding hydrogens is 552 g/mol. The summed E-state index contributed by atoms with van der Waals surface area (Å²) in [7, 11) is 0. The highest BCUT2D eigenvalue weighted by Crippen LogP contribution is 2.43. The van der Waals surface area contributed by atoms with E-state index in [0.29, 0.717) is 38.3 Å². The van der Waals surface area contributed by atoms with E-state index in [0.717, 1.165) is 37.9 Å². The first-order valence-corrected chi connectivity index (χ1v) is 14.0. The Bertz CT molecular complexity index is 1130. The van der Waals surface area contributed by atoms with E-state index in [4.69, 9.17) is 14.2 Å². The Morgan fingerprint density at radius 3 is 2.15 bits per heavy atom. The van der Waals surface area contributed by atoms with Gasteiger partial charge in [0.05, 0.1) is 42.1 Å². The van der Waals surface area contributed by atoms with E-state index in [1.807, 2.05) is 30.3 Å². The molecule has 3 aliphatic rings. The van der Waals surface area contributed by atoms with Crippen LogP contribution in [0.25, 0.3) is 0 Å². The van der Waals surface area contributed by atoms with Crippen molar-refractivity contribution in [2.75, 3.05) is 32.8 Å². The number of nitrogens with zero attached hydrogens (tertiary/aromatic N) is 1. The van der Waals surface area contributed by atoms with Gasteiger partial charge in [-0.1, -0.05) is 30.3 Å². The fourth-order valence-corrected chi connectivity index (χ4v) is 6.42. The van der Waals surface area contributed by atoms with Gasteiger partial charge >= 0.3 is 12.4 Å². The average Bonchev–Trinajstić information content (AvgIpc) is 3.28. The molecular formula is C30H35F6NO4. The summed E-state index contributed by atoms with van der Waals surface area (Å²) >= 11 is 0. The van der Waals surface area contributed by atoms with E-state index in [1.165, 1.54) is 6.92 Å². The number of rotatable bonds is 6. The quantitative estimate of drug-likeness (QED) is 0.388. The molecule has 0 saturated carbocycles. The Labute approximate surface area is 235 Å². The molecule has 11 heteroatoms. The van der Waals surface area contributed by atoms with Crippen molar-refractivity contribution in [2.24, 2.45) is 5.92 Å². The molecule has 3 saturated heterocycles. The third-order valence-electron chi connectivity index (χ3n) is 8.76. The first-order valence-electron chi connectivity index (χ1n) is 14.0. The minimum atomic E-state index is -4.94. The second-order valence-electron chi connectivity index (χ2n) is 11.4. The normalized spacial score (nSPS) is 28.2. The number of likely N-dealkylation sites (tertiary alicyclic amines) is 1. The maximum Gasteiger partial charge on any atom is 0.416 e. The minimum Gasteiger partial charge on any atom is -0.390 e. The van der Waals surface area contributed by atoms with Crippen molar-refractivity contribution < 1.29 is 45.7 Å². The highest BCUT2D eigenvalue weighted by atomic mass is 19.4. The van der Waals surface area contributed by atoms with Crippen LogP contribution >= 0.6 is 0 Å². The molecule has 0 radical (unpaired) electrons. The van der Waals surface area contributed by atoms with Gasteiger partial charge in [-0.2, -0.15) is 26.3 Å². The van der Waals surface area contributed by atoms with Crippen LogP contribution in [-0.4, -0.2) is 60.8 Å². The van der Waals surface area contributed by atoms with Gasteiger partial charge in [0, 0.05) is 25.6 Å². The fraction of sp³-hybridized carbons (Fsp3) is 0.600. The minimum absolute atomic E-state index is 0.0686. The van der Waals surface area contributed by atoms with E-state index in [9.17, 15) is 31.4 Å². The molecule has 2 aromatic rings. The van der Waals surface area contributed by atoms with E-state index in [-0.39, 0.29) is 23.5 Å². The monoisotopic (exact) mass is 587 g/mol. The largest absolute Gasteiger partial charge is 0.416 e. The Morgan fingerprint density at radius 2 is 1.59 bits per heavy atom. The first-order chi connectivity index (χ1) is 19.4. The lowest BCUT2D eigenvalue weighted by Gasteiger charge is -2.44. The number of aliphatic hydroxyl groups is 1. The summed E-state index contributed by atoms with van der Waals surface area (Å²) in [5.41, 5.74) is -2.52. The van der Waals surface area contributed by atoms with Crippen LogP contribution in [0.5, 0.6) is 0 Å². The molecule has 0 aromatic heterocycles. The molecule has 226 valence electrons. The van der Waals surface area contributed by atoms with Crippen LogP contribution in [0, 0.1) is 5.92 Å². The lowest BCUT2D eigenvalue weighted by molar-refractivity contribution is -0.211. The number of hydrogen-bond donors (Lipinski definition) is 1. The van der Waals surface area contributed by atoms with E-state index >= 15 is 0 Å². The molecule has 3 aliphatic heterocycles. The number of halogens is 6. The summed E-state index contributed by atoms with van der Waals surface area (Å²) in [6.45, 7) is 4.57. The van der Waals surface area contributed by atoms with E-state index < -0.39 is 47.6 Å². The summed E-state index contributed by atoms with van der Waals surface area (Å²) in [5.74, 6) is -0.219. The van der Waals surface area contributed by atoms with Crippen LogP contribution in [0.4, 0.5) is 26.3 Å². The maximum atomic E-state index is 13.5. The zero-order chi connectivity index (χ0) is 29.4. The van der Waals surface area contributed by atoms with Crippen LogP contribution < -0.4 is 0 Å². The standard InChI is InChI=1S/C30H35F6NO4/c1-19(22-15-23(29(31,32)33)17-24(16-22)30(34,35)36)41-27-26(20-5-3-2-4-6-20)21(7-13-39-27)18-37-11-9-28(10-12-37)25(38)8-14-40-28/h2-6,15-17,19,21,25-27,38H,7-14,18H2,1H3. The van der Waals surface area contributed by atoms with E-state index in [1.54, 1.807) is 0 Å². The molecule has 5 rings (SSSR count). The van der Waals surface area contributed by atoms with E-state index in [2.05, 4.69) is 4.90 Å². The highest BCUT2D eigenvalue weighted by Gasteiger charge is 2.46. The lowest BCUT2D eigenvalue weighted by Crippen LogP contribution is -2.51. The van der Waals surface area contributed by atoms with Crippen molar-refractivity contribution in [2.45, 2.75) is 75.0 Å². The molecule has 0 aliphatic carbocycles. The number of hydrogen-bond acceptors (Lipinski definition) is 5. The molecule has 41 heavy (non-hydrogen) atoms. The van der Waals surface area contributed by atoms with Crippen molar-refractivity contribution in [3.63, 3.8) is 0 Å². The van der Waals surface area contributed by atoms with Crippen LogP contribution in [0.2, 0.25) is 0 Å². The van der Waals surface area contributed by atoms with Crippen molar-refractivity contribution >= 4 is 0 Å². The molecule has 1 N–H and O–H groups in total. The topological polar surface area (TPSA) is 51.2 Å². The Kier molecular flexibility index (Phi) is 8.74. The van der Waals surface area contributed by atoms with Crippen molar-refractivity contribution in [3.8, 4) is 0 Å². The van der Waals surface area contributed by atoms with Gasteiger partial charge in [0.15, 0.2) is 6.29 Å². The molecule has 0 amide bonds. The van der Waals surface area contributed by atoms with Crippen molar-refractivity contribution in [1.29, 1.82) is 0 Å². The van der Waals surface area contributed by atoms with Gasteiger partial charge in [-0.3, -0.25) is 0 Å². The number of ether oxygens (including phenoxy) is 3. The van der Waals surface area contributed by atoms with Gasteiger partial charge in [-0.15, -0.1) is 0 Å². The smallest absolute Gasteiger partial charge is 0.390 e. The van der Waals surface area contributed by atoms with Crippen molar-refractivity contribution in [1.82, 2.24) is 4.90 Å². The molecule has 3 fully saturated rings. The maximum absolute atomic E-state index is 13.5. The summed E-state index contributed by atoms with van der Waals surface area (Å²) in [4.78, 5) is 2.33. The molecule has 2 aromatic carbocycles. The third kappa shape index (κ3) is 6.74. The summed E-state index contributed by atoms with van der Waals surface area (Å²) in [6, 6.07) is 11.1. The zero-order valence-electron chi connectivity index (χ0n) is 22.8. The zero-order valence-corrected chi connectivity index (χ0v) is 22.8. The third-order valence-corrected chi connectivity index (χ3v) is 8.76. The second kappa shape index (κ2) is 11.8. The van der Waals surface area contributed by atoms with Crippen LogP contribution in [-0.2, 0) is 26.6 Å². The molecule has 5 atom stereocenters. The SMILES string of the molecule is CC(OC1OCCC(CN2CCC3(CC2)OCCC3O)C1c1ccccc1)c1cc(C(F)(F)F)cc(C(F)(F)F)c1. The first kappa shape index (κ1) is 30.3. The van der Waals surface area contributed by atoms with Gasteiger partial charge < -0.3 is 24.2 Å². The number of aliphatic hydroxyl groups excluding tert-OH is 1. The molecule has 5 unspecified atom stereocenters. The van der Waals surface area contributed by atoms with Gasteiger partial charge in [-0.25, -0.2) is 0 Å². The Morgan fingerprint density at radius 1 is 0.951 bits per heavy atom. The molecule has 5 nitrogen and oxygen atoms in total. The van der Waals surface area contributed by atoms with Crippen LogP contribution in [0.15, 0.2) is 48.5 Å². The molecule has 1 spiro atoms. The summed E-state index contributed by atoms with van der Waals surface area (Å²) in [6.07, 6.45) is -9.50. The Hall–Kier alpha value is -2.18. The summed E-state index contributed by atoms with van der Waals surface area (Å²) < 4.78 is 98.9. The van der Waals surface area contributed by atoms with Crippen LogP contribution in [0.3, 0.4) is 0 Å². The van der Waals surface area contributed by atoms with Gasteiger partial charge in [0.2, 0.25) is 0 Å². The Balaban J connectivity index is 1.36. The van der Waals surface area contributed by atoms with Crippen LogP contribution in [0.1, 0.15) is 66.9 Å². The number of benzene rings is 2. The fourth-order valence-electron chi connectivity index (χ4n) is 6.42. The molecule has 3 heterocycles. The second-order valence-corrected chi connectivity index (χ2v) is 11.4. The number of piperidine rings is 1. The van der Waals surface area contributed by atoms with Gasteiger partial charge in [0.1, 0.15) is 0 Å². The highest BCUT2D eigenvalue weighted by molar-refractivity contribution is 5.35. The average molecular weight is 588 g/mol. The lowest BCUT2D eigenvalue weighted by atomic mass is 9.80. The summed E-state index contributed by atoms with van der Waals surface area (Å²) in [5, 5.41) is 10.4. The van der Waals surface area contributed by atoms with Gasteiger partial charge in [0.25, 0.3) is 0 Å². The predicted molar refractivity (Wildman–Crippen MR) is 138 cm³/mol. The predicted octanol–water partition coefficient (Wildman–Crippen LogP) is 6.56. The number of alkyl halides is 6. The van der Waals surface area contributed by atoms with Crippen molar-refractivity contribution in [3.05, 3.63) is 70.8 Å². The molecule has 0 bridgehead atoms. The van der Waals surface area contributed by atoms with Gasteiger partial charge in [-0.05, 0) is 67.9 Å².